The van der Waals surface area contributed by atoms with Crippen molar-refractivity contribution in [3.63, 3.8) is 0 Å². The predicted octanol–water partition coefficient (Wildman–Crippen LogP) is 1.43. The van der Waals surface area contributed by atoms with Crippen molar-refractivity contribution in [1.82, 2.24) is 9.80 Å². The normalized spacial score (nSPS) is 18.0. The Morgan fingerprint density at radius 2 is 2.13 bits per heavy atom. The van der Waals surface area contributed by atoms with Crippen LogP contribution in [0, 0.1) is 0 Å². The number of fused-ring (bicyclic) bond motifs is 1. The first-order valence-electron chi connectivity index (χ1n) is 8.21. The first-order chi connectivity index (χ1) is 11.2. The number of carbonyl (C=O) groups excluding carboxylic acids is 1. The van der Waals surface area contributed by atoms with E-state index in [4.69, 9.17) is 9.47 Å². The molecule has 5 heteroatoms. The van der Waals surface area contributed by atoms with E-state index in [0.29, 0.717) is 0 Å². The molecule has 0 saturated carbocycles. The van der Waals surface area contributed by atoms with Crippen LogP contribution in [0.1, 0.15) is 11.1 Å². The first-order valence-corrected chi connectivity index (χ1v) is 8.21. The molecule has 1 aromatic carbocycles. The number of amides is 1. The van der Waals surface area contributed by atoms with Crippen LogP contribution < -0.4 is 4.74 Å². The molecule has 0 aromatic heterocycles. The van der Waals surface area contributed by atoms with Crippen LogP contribution in [0.4, 0.5) is 0 Å². The molecule has 23 heavy (non-hydrogen) atoms. The number of hydrogen-bond acceptors (Lipinski definition) is 4. The molecule has 2 aliphatic heterocycles. The van der Waals surface area contributed by atoms with E-state index in [0.717, 1.165) is 63.7 Å². The van der Waals surface area contributed by atoms with Crippen LogP contribution >= 0.6 is 0 Å². The SMILES string of the molecule is CN(CCN1CCOCC1)C(=O)/C=C\c1ccc2c(c1)CCO2. The van der Waals surface area contributed by atoms with Gasteiger partial charge in [-0.1, -0.05) is 6.07 Å². The summed E-state index contributed by atoms with van der Waals surface area (Å²) in [4.78, 5) is 16.3. The summed E-state index contributed by atoms with van der Waals surface area (Å²) in [5.74, 6) is 1.01. The van der Waals surface area contributed by atoms with E-state index < -0.39 is 0 Å². The lowest BCUT2D eigenvalue weighted by Crippen LogP contribution is -2.41. The second-order valence-electron chi connectivity index (χ2n) is 6.01. The summed E-state index contributed by atoms with van der Waals surface area (Å²) in [6, 6.07) is 6.07. The highest BCUT2D eigenvalue weighted by atomic mass is 16.5. The number of hydrogen-bond donors (Lipinski definition) is 0. The minimum absolute atomic E-state index is 0.0370. The first kappa shape index (κ1) is 16.0. The lowest BCUT2D eigenvalue weighted by atomic mass is 10.1. The molecule has 1 fully saturated rings. The van der Waals surface area contributed by atoms with Crippen molar-refractivity contribution < 1.29 is 14.3 Å². The number of rotatable bonds is 5. The van der Waals surface area contributed by atoms with Gasteiger partial charge in [0.2, 0.25) is 5.91 Å². The second kappa shape index (κ2) is 7.62. The largest absolute Gasteiger partial charge is 0.493 e. The van der Waals surface area contributed by atoms with Gasteiger partial charge in [-0.15, -0.1) is 0 Å². The van der Waals surface area contributed by atoms with Gasteiger partial charge in [-0.05, 0) is 29.3 Å². The van der Waals surface area contributed by atoms with Crippen LogP contribution in [0.5, 0.6) is 5.75 Å². The van der Waals surface area contributed by atoms with Crippen LogP contribution in [0.2, 0.25) is 0 Å². The highest BCUT2D eigenvalue weighted by molar-refractivity contribution is 5.91. The second-order valence-corrected chi connectivity index (χ2v) is 6.01. The molecule has 0 atom stereocenters. The Morgan fingerprint density at radius 3 is 2.96 bits per heavy atom. The van der Waals surface area contributed by atoms with Crippen LogP contribution in [0.3, 0.4) is 0 Å². The van der Waals surface area contributed by atoms with E-state index in [1.54, 1.807) is 11.0 Å². The van der Waals surface area contributed by atoms with Crippen molar-refractivity contribution in [3.8, 4) is 5.75 Å². The monoisotopic (exact) mass is 316 g/mol. The van der Waals surface area contributed by atoms with E-state index >= 15 is 0 Å². The Bertz CT molecular complexity index is 580. The van der Waals surface area contributed by atoms with Crippen LogP contribution in [-0.4, -0.2) is 68.8 Å². The molecule has 0 unspecified atom stereocenters. The molecule has 3 rings (SSSR count). The highest BCUT2D eigenvalue weighted by Gasteiger charge is 2.13. The van der Waals surface area contributed by atoms with Gasteiger partial charge in [0.15, 0.2) is 0 Å². The summed E-state index contributed by atoms with van der Waals surface area (Å²) in [6.07, 6.45) is 4.48. The van der Waals surface area contributed by atoms with Crippen molar-refractivity contribution >= 4 is 12.0 Å². The molecule has 0 spiro atoms. The lowest BCUT2D eigenvalue weighted by Gasteiger charge is -2.28. The molecule has 0 N–H and O–H groups in total. The summed E-state index contributed by atoms with van der Waals surface area (Å²) >= 11 is 0. The summed E-state index contributed by atoms with van der Waals surface area (Å²) in [5.41, 5.74) is 2.27. The number of likely N-dealkylation sites (N-methyl/N-ethyl adjacent to an activating group) is 1. The Morgan fingerprint density at radius 1 is 1.30 bits per heavy atom. The van der Waals surface area contributed by atoms with Crippen molar-refractivity contribution in [2.45, 2.75) is 6.42 Å². The summed E-state index contributed by atoms with van der Waals surface area (Å²) in [5, 5.41) is 0. The quantitative estimate of drug-likeness (QED) is 0.771. The smallest absolute Gasteiger partial charge is 0.246 e. The number of ether oxygens (including phenoxy) is 2. The zero-order valence-electron chi connectivity index (χ0n) is 13.7. The third kappa shape index (κ3) is 4.33. The molecule has 0 aliphatic carbocycles. The molecule has 124 valence electrons. The van der Waals surface area contributed by atoms with Gasteiger partial charge in [0.05, 0.1) is 19.8 Å². The van der Waals surface area contributed by atoms with Gasteiger partial charge < -0.3 is 14.4 Å². The maximum atomic E-state index is 12.2. The van der Waals surface area contributed by atoms with Crippen molar-refractivity contribution in [2.75, 3.05) is 53.0 Å². The van der Waals surface area contributed by atoms with Gasteiger partial charge in [-0.25, -0.2) is 0 Å². The van der Waals surface area contributed by atoms with E-state index in [-0.39, 0.29) is 5.91 Å². The van der Waals surface area contributed by atoms with Gasteiger partial charge in [0, 0.05) is 45.7 Å². The highest BCUT2D eigenvalue weighted by Crippen LogP contribution is 2.26. The number of benzene rings is 1. The predicted molar refractivity (Wildman–Crippen MR) is 89.6 cm³/mol. The molecule has 1 amide bonds. The van der Waals surface area contributed by atoms with Crippen molar-refractivity contribution in [2.24, 2.45) is 0 Å². The molecular formula is C18H24N2O3. The standard InChI is InChI=1S/C18H24N2O3/c1-19(7-8-20-9-12-22-13-10-20)18(21)5-3-15-2-4-17-16(14-15)6-11-23-17/h2-5,14H,6-13H2,1H3/b5-3-. The Kier molecular flexibility index (Phi) is 5.31. The summed E-state index contributed by atoms with van der Waals surface area (Å²) < 4.78 is 10.8. The van der Waals surface area contributed by atoms with Gasteiger partial charge in [-0.2, -0.15) is 0 Å². The molecule has 1 aromatic rings. The van der Waals surface area contributed by atoms with Gasteiger partial charge in [0.25, 0.3) is 0 Å². The average Bonchev–Trinajstić information content (AvgIpc) is 3.06. The Balaban J connectivity index is 1.49. The van der Waals surface area contributed by atoms with Crippen molar-refractivity contribution in [3.05, 3.63) is 35.4 Å². The molecule has 2 aliphatic rings. The van der Waals surface area contributed by atoms with E-state index in [1.165, 1.54) is 5.56 Å². The Labute approximate surface area is 137 Å². The fourth-order valence-electron chi connectivity index (χ4n) is 2.83. The molecule has 5 nitrogen and oxygen atoms in total. The maximum absolute atomic E-state index is 12.2. The van der Waals surface area contributed by atoms with E-state index in [2.05, 4.69) is 11.0 Å². The number of carbonyl (C=O) groups is 1. The fourth-order valence-corrected chi connectivity index (χ4v) is 2.83. The Hall–Kier alpha value is -1.85. The molecule has 1 saturated heterocycles. The van der Waals surface area contributed by atoms with E-state index in [9.17, 15) is 4.79 Å². The minimum atomic E-state index is 0.0370. The van der Waals surface area contributed by atoms with E-state index in [1.807, 2.05) is 25.3 Å². The number of nitrogens with zero attached hydrogens (tertiary/aromatic N) is 2. The fraction of sp³-hybridized carbons (Fsp3) is 0.500. The van der Waals surface area contributed by atoms with Crippen LogP contribution in [0.25, 0.3) is 6.08 Å². The summed E-state index contributed by atoms with van der Waals surface area (Å²) in [7, 11) is 1.85. The summed E-state index contributed by atoms with van der Waals surface area (Å²) in [6.45, 7) is 5.88. The molecular weight excluding hydrogens is 292 g/mol. The number of morpholine rings is 1. The maximum Gasteiger partial charge on any atom is 0.246 e. The van der Waals surface area contributed by atoms with Crippen molar-refractivity contribution in [1.29, 1.82) is 0 Å². The minimum Gasteiger partial charge on any atom is -0.493 e. The molecule has 0 bridgehead atoms. The van der Waals surface area contributed by atoms with Gasteiger partial charge in [-0.3, -0.25) is 9.69 Å². The van der Waals surface area contributed by atoms with Gasteiger partial charge in [0.1, 0.15) is 5.75 Å². The molecule has 0 radical (unpaired) electrons. The third-order valence-electron chi connectivity index (χ3n) is 4.36. The molecule has 2 heterocycles. The van der Waals surface area contributed by atoms with Gasteiger partial charge >= 0.3 is 0 Å². The third-order valence-corrected chi connectivity index (χ3v) is 4.36. The lowest BCUT2D eigenvalue weighted by molar-refractivity contribution is -0.125. The zero-order valence-corrected chi connectivity index (χ0v) is 13.7. The topological polar surface area (TPSA) is 42.0 Å². The van der Waals surface area contributed by atoms with Crippen LogP contribution in [0.15, 0.2) is 24.3 Å². The van der Waals surface area contributed by atoms with Crippen LogP contribution in [-0.2, 0) is 16.0 Å². The average molecular weight is 316 g/mol. The zero-order chi connectivity index (χ0) is 16.1.